The molecule has 3 heterocycles. The van der Waals surface area contributed by atoms with E-state index in [0.29, 0.717) is 13.2 Å². The number of carbonyl (C=O) groups is 2. The van der Waals surface area contributed by atoms with Gasteiger partial charge in [0.1, 0.15) is 0 Å². The Kier molecular flexibility index (Phi) is 2.87. The molecule has 0 radical (unpaired) electrons. The molecule has 2 fully saturated rings. The monoisotopic (exact) mass is 286 g/mol. The predicted molar refractivity (Wildman–Crippen MR) is 77.0 cm³/mol. The molecular weight excluding hydrogens is 268 g/mol. The van der Waals surface area contributed by atoms with Crippen LogP contribution in [0.5, 0.6) is 0 Å². The minimum Gasteiger partial charge on any atom is -0.380 e. The standard InChI is InChI=1S/C16H18N2O3/c19-14(11-9-21-10-11)18-13-4-2-1-3-12(13)16(15(18)20)5-7-17-8-6-16/h1-4,11,17H,5-10H2. The summed E-state index contributed by atoms with van der Waals surface area (Å²) in [5.74, 6) is -0.310. The van der Waals surface area contributed by atoms with Crippen molar-refractivity contribution in [2.75, 3.05) is 31.2 Å². The van der Waals surface area contributed by atoms with Gasteiger partial charge < -0.3 is 10.1 Å². The summed E-state index contributed by atoms with van der Waals surface area (Å²) in [6.45, 7) is 2.49. The first-order valence-corrected chi connectivity index (χ1v) is 7.50. The summed E-state index contributed by atoms with van der Waals surface area (Å²) in [4.78, 5) is 27.1. The number of para-hydroxylation sites is 1. The van der Waals surface area contributed by atoms with Crippen LogP contribution in [-0.2, 0) is 19.7 Å². The molecule has 21 heavy (non-hydrogen) atoms. The van der Waals surface area contributed by atoms with E-state index in [1.165, 1.54) is 4.90 Å². The molecule has 1 spiro atoms. The Hall–Kier alpha value is -1.72. The van der Waals surface area contributed by atoms with E-state index >= 15 is 0 Å². The van der Waals surface area contributed by atoms with Crippen LogP contribution in [0, 0.1) is 5.92 Å². The summed E-state index contributed by atoms with van der Waals surface area (Å²) in [5, 5.41) is 3.30. The van der Waals surface area contributed by atoms with E-state index in [1.54, 1.807) is 0 Å². The first-order chi connectivity index (χ1) is 10.2. The fraction of sp³-hybridized carbons (Fsp3) is 0.500. The number of fused-ring (bicyclic) bond motifs is 2. The number of benzene rings is 1. The summed E-state index contributed by atoms with van der Waals surface area (Å²) in [7, 11) is 0. The second-order valence-corrected chi connectivity index (χ2v) is 6.06. The Morgan fingerprint density at radius 2 is 1.95 bits per heavy atom. The lowest BCUT2D eigenvalue weighted by molar-refractivity contribution is -0.140. The number of carbonyl (C=O) groups excluding carboxylic acids is 2. The highest BCUT2D eigenvalue weighted by atomic mass is 16.5. The van der Waals surface area contributed by atoms with Crippen molar-refractivity contribution in [3.05, 3.63) is 29.8 Å². The van der Waals surface area contributed by atoms with Gasteiger partial charge in [0.15, 0.2) is 0 Å². The van der Waals surface area contributed by atoms with Crippen LogP contribution in [0.1, 0.15) is 18.4 Å². The van der Waals surface area contributed by atoms with Crippen molar-refractivity contribution in [3.63, 3.8) is 0 Å². The summed E-state index contributed by atoms with van der Waals surface area (Å²) in [5.41, 5.74) is 1.29. The SMILES string of the molecule is O=C(C1COC1)N1C(=O)C2(CCNCC2)c2ccccc21. The molecule has 110 valence electrons. The van der Waals surface area contributed by atoms with Crippen LogP contribution in [0.2, 0.25) is 0 Å². The molecule has 0 saturated carbocycles. The van der Waals surface area contributed by atoms with Gasteiger partial charge in [-0.25, -0.2) is 4.90 Å². The Morgan fingerprint density at radius 3 is 2.62 bits per heavy atom. The van der Waals surface area contributed by atoms with E-state index in [0.717, 1.165) is 37.2 Å². The lowest BCUT2D eigenvalue weighted by Gasteiger charge is -2.34. The van der Waals surface area contributed by atoms with Gasteiger partial charge in [0.05, 0.1) is 30.2 Å². The second kappa shape index (κ2) is 4.64. The van der Waals surface area contributed by atoms with Crippen molar-refractivity contribution in [3.8, 4) is 0 Å². The van der Waals surface area contributed by atoms with Crippen LogP contribution in [0.15, 0.2) is 24.3 Å². The van der Waals surface area contributed by atoms with Crippen LogP contribution in [0.25, 0.3) is 0 Å². The first-order valence-electron chi connectivity index (χ1n) is 7.50. The zero-order chi connectivity index (χ0) is 14.4. The molecule has 0 atom stereocenters. The highest BCUT2D eigenvalue weighted by Gasteiger charge is 2.53. The van der Waals surface area contributed by atoms with Gasteiger partial charge in [-0.1, -0.05) is 18.2 Å². The Labute approximate surface area is 123 Å². The second-order valence-electron chi connectivity index (χ2n) is 6.06. The molecule has 2 amide bonds. The molecule has 4 rings (SSSR count). The number of ether oxygens (including phenoxy) is 1. The van der Waals surface area contributed by atoms with Gasteiger partial charge in [-0.15, -0.1) is 0 Å². The number of hydrogen-bond donors (Lipinski definition) is 1. The quantitative estimate of drug-likeness (QED) is 0.777. The fourth-order valence-corrected chi connectivity index (χ4v) is 3.63. The van der Waals surface area contributed by atoms with E-state index < -0.39 is 5.41 Å². The maximum absolute atomic E-state index is 13.1. The first kappa shape index (κ1) is 13.0. The lowest BCUT2D eigenvalue weighted by atomic mass is 9.74. The molecule has 1 N–H and O–H groups in total. The van der Waals surface area contributed by atoms with E-state index in [-0.39, 0.29) is 17.7 Å². The highest BCUT2D eigenvalue weighted by molar-refractivity contribution is 6.23. The zero-order valence-corrected chi connectivity index (χ0v) is 11.8. The topological polar surface area (TPSA) is 58.6 Å². The van der Waals surface area contributed by atoms with Crippen LogP contribution in [0.4, 0.5) is 5.69 Å². The van der Waals surface area contributed by atoms with E-state index in [9.17, 15) is 9.59 Å². The number of imide groups is 1. The average Bonchev–Trinajstić information content (AvgIpc) is 2.68. The minimum absolute atomic E-state index is 0.0397. The van der Waals surface area contributed by atoms with Gasteiger partial charge in [0.2, 0.25) is 11.8 Å². The van der Waals surface area contributed by atoms with Crippen molar-refractivity contribution in [2.45, 2.75) is 18.3 Å². The van der Waals surface area contributed by atoms with Gasteiger partial charge in [0.25, 0.3) is 0 Å². The number of piperidine rings is 1. The maximum Gasteiger partial charge on any atom is 0.244 e. The third-order valence-electron chi connectivity index (χ3n) is 4.94. The number of anilines is 1. The third kappa shape index (κ3) is 1.71. The number of rotatable bonds is 1. The molecule has 0 bridgehead atoms. The lowest BCUT2D eigenvalue weighted by Crippen LogP contribution is -2.52. The van der Waals surface area contributed by atoms with Gasteiger partial charge >= 0.3 is 0 Å². The Bertz CT molecular complexity index is 603. The van der Waals surface area contributed by atoms with Gasteiger partial charge in [-0.2, -0.15) is 0 Å². The van der Waals surface area contributed by atoms with E-state index in [1.807, 2.05) is 24.3 Å². The summed E-state index contributed by atoms with van der Waals surface area (Å²) < 4.78 is 5.11. The van der Waals surface area contributed by atoms with Crippen molar-refractivity contribution in [1.29, 1.82) is 0 Å². The minimum atomic E-state index is -0.512. The van der Waals surface area contributed by atoms with E-state index in [4.69, 9.17) is 4.74 Å². The molecule has 0 aromatic heterocycles. The molecule has 5 nitrogen and oxygen atoms in total. The predicted octanol–water partition coefficient (Wildman–Crippen LogP) is 0.827. The van der Waals surface area contributed by atoms with Crippen LogP contribution in [-0.4, -0.2) is 38.1 Å². The molecule has 0 aliphatic carbocycles. The summed E-state index contributed by atoms with van der Waals surface area (Å²) in [6, 6.07) is 7.74. The normalized spacial score (nSPS) is 24.0. The molecule has 1 aromatic rings. The molecule has 3 aliphatic heterocycles. The number of hydrogen-bond acceptors (Lipinski definition) is 4. The van der Waals surface area contributed by atoms with Gasteiger partial charge in [0, 0.05) is 0 Å². The van der Waals surface area contributed by atoms with Crippen molar-refractivity contribution in [1.82, 2.24) is 5.32 Å². The molecule has 5 heteroatoms. The smallest absolute Gasteiger partial charge is 0.244 e. The number of nitrogens with zero attached hydrogens (tertiary/aromatic N) is 1. The van der Waals surface area contributed by atoms with Crippen LogP contribution < -0.4 is 10.2 Å². The zero-order valence-electron chi connectivity index (χ0n) is 11.8. The molecule has 3 aliphatic rings. The average molecular weight is 286 g/mol. The van der Waals surface area contributed by atoms with Crippen molar-refractivity contribution >= 4 is 17.5 Å². The Balaban J connectivity index is 1.79. The molecule has 2 saturated heterocycles. The van der Waals surface area contributed by atoms with Crippen LogP contribution in [0.3, 0.4) is 0 Å². The van der Waals surface area contributed by atoms with Gasteiger partial charge in [-0.05, 0) is 37.6 Å². The highest BCUT2D eigenvalue weighted by Crippen LogP contribution is 2.47. The number of amides is 2. The fourth-order valence-electron chi connectivity index (χ4n) is 3.63. The Morgan fingerprint density at radius 1 is 1.24 bits per heavy atom. The van der Waals surface area contributed by atoms with Crippen LogP contribution >= 0.6 is 0 Å². The largest absolute Gasteiger partial charge is 0.380 e. The summed E-state index contributed by atoms with van der Waals surface area (Å²) >= 11 is 0. The van der Waals surface area contributed by atoms with E-state index in [2.05, 4.69) is 5.32 Å². The molecule has 0 unspecified atom stereocenters. The number of nitrogens with one attached hydrogen (secondary N) is 1. The summed E-state index contributed by atoms with van der Waals surface area (Å²) in [6.07, 6.45) is 1.52. The van der Waals surface area contributed by atoms with Gasteiger partial charge in [-0.3, -0.25) is 9.59 Å². The van der Waals surface area contributed by atoms with Crippen molar-refractivity contribution in [2.24, 2.45) is 5.92 Å². The maximum atomic E-state index is 13.1. The molecular formula is C16H18N2O3. The third-order valence-corrected chi connectivity index (χ3v) is 4.94. The molecule has 1 aromatic carbocycles. The van der Waals surface area contributed by atoms with Crippen molar-refractivity contribution < 1.29 is 14.3 Å².